The number of hydrogen-bond acceptors (Lipinski definition) is 5. The second-order valence-corrected chi connectivity index (χ2v) is 6.32. The molecule has 2 aliphatic rings. The van der Waals surface area contributed by atoms with Crippen molar-refractivity contribution in [1.82, 2.24) is 10.2 Å². The lowest BCUT2D eigenvalue weighted by molar-refractivity contribution is -0.150. The van der Waals surface area contributed by atoms with Crippen molar-refractivity contribution in [3.05, 3.63) is 0 Å². The van der Waals surface area contributed by atoms with Crippen molar-refractivity contribution in [2.75, 3.05) is 40.4 Å². The van der Waals surface area contributed by atoms with E-state index in [4.69, 9.17) is 9.47 Å². The lowest BCUT2D eigenvalue weighted by Crippen LogP contribution is -2.55. The maximum Gasteiger partial charge on any atom is 0.326 e. The summed E-state index contributed by atoms with van der Waals surface area (Å²) in [6.45, 7) is 6.05. The highest BCUT2D eigenvalue weighted by Crippen LogP contribution is 2.39. The van der Waals surface area contributed by atoms with Gasteiger partial charge in [-0.1, -0.05) is 13.3 Å². The Morgan fingerprint density at radius 1 is 1.38 bits per heavy atom. The molecule has 122 valence electrons. The maximum absolute atomic E-state index is 12.3. The van der Waals surface area contributed by atoms with Gasteiger partial charge in [0.1, 0.15) is 5.54 Å². The van der Waals surface area contributed by atoms with E-state index in [-0.39, 0.29) is 5.97 Å². The van der Waals surface area contributed by atoms with Crippen molar-refractivity contribution in [2.24, 2.45) is 5.92 Å². The summed E-state index contributed by atoms with van der Waals surface area (Å²) in [5.41, 5.74) is -0.454. The van der Waals surface area contributed by atoms with Gasteiger partial charge in [0.15, 0.2) is 0 Å². The van der Waals surface area contributed by atoms with Crippen molar-refractivity contribution < 1.29 is 14.3 Å². The predicted octanol–water partition coefficient (Wildman–Crippen LogP) is 1.42. The fourth-order valence-corrected chi connectivity index (χ4v) is 4.07. The minimum atomic E-state index is -0.454. The summed E-state index contributed by atoms with van der Waals surface area (Å²) in [6.07, 6.45) is 5.68. The molecule has 0 spiro atoms. The molecule has 0 amide bonds. The molecule has 1 saturated carbocycles. The minimum Gasteiger partial charge on any atom is -0.468 e. The molecule has 2 rings (SSSR count). The van der Waals surface area contributed by atoms with Gasteiger partial charge in [0.05, 0.1) is 13.2 Å². The van der Waals surface area contributed by atoms with Gasteiger partial charge < -0.3 is 19.7 Å². The predicted molar refractivity (Wildman–Crippen MR) is 82.2 cm³/mol. The first kappa shape index (κ1) is 16.7. The van der Waals surface area contributed by atoms with Crippen LogP contribution in [0, 0.1) is 5.92 Å². The Kier molecular flexibility index (Phi) is 6.02. The molecule has 1 N–H and O–H groups in total. The first-order valence-electron chi connectivity index (χ1n) is 8.25. The maximum atomic E-state index is 12.3. The van der Waals surface area contributed by atoms with E-state index in [1.807, 2.05) is 0 Å². The largest absolute Gasteiger partial charge is 0.468 e. The number of methoxy groups -OCH3 is 2. The van der Waals surface area contributed by atoms with Crippen LogP contribution in [0.25, 0.3) is 0 Å². The van der Waals surface area contributed by atoms with Crippen molar-refractivity contribution in [3.63, 3.8) is 0 Å². The molecule has 3 unspecified atom stereocenters. The van der Waals surface area contributed by atoms with Gasteiger partial charge in [-0.2, -0.15) is 0 Å². The monoisotopic (exact) mass is 298 g/mol. The zero-order valence-corrected chi connectivity index (χ0v) is 13.7. The highest BCUT2D eigenvalue weighted by atomic mass is 16.5. The Balaban J connectivity index is 1.92. The van der Waals surface area contributed by atoms with Crippen LogP contribution in [0.15, 0.2) is 0 Å². The lowest BCUT2D eigenvalue weighted by atomic mass is 9.84. The number of carbonyl (C=O) groups is 1. The summed E-state index contributed by atoms with van der Waals surface area (Å²) in [7, 11) is 3.29. The molecule has 0 radical (unpaired) electrons. The smallest absolute Gasteiger partial charge is 0.326 e. The molecule has 3 atom stereocenters. The number of esters is 1. The van der Waals surface area contributed by atoms with E-state index in [1.54, 1.807) is 7.11 Å². The Bertz CT molecular complexity index is 350. The number of nitrogens with zero attached hydrogens (tertiary/aromatic N) is 1. The summed E-state index contributed by atoms with van der Waals surface area (Å²) in [5, 5.41) is 3.44. The summed E-state index contributed by atoms with van der Waals surface area (Å²) in [4.78, 5) is 14.8. The van der Waals surface area contributed by atoms with E-state index < -0.39 is 5.54 Å². The molecule has 1 aliphatic carbocycles. The number of likely N-dealkylation sites (N-methyl/N-ethyl adjacent to an activating group) is 1. The van der Waals surface area contributed by atoms with Gasteiger partial charge in [0, 0.05) is 20.2 Å². The van der Waals surface area contributed by atoms with Crippen LogP contribution in [0.3, 0.4) is 0 Å². The molecular formula is C16H30N2O3. The first-order chi connectivity index (χ1) is 10.2. The molecule has 0 aromatic carbocycles. The minimum absolute atomic E-state index is 0.0805. The van der Waals surface area contributed by atoms with Gasteiger partial charge in [-0.15, -0.1) is 0 Å². The molecule has 1 saturated heterocycles. The van der Waals surface area contributed by atoms with E-state index in [2.05, 4.69) is 17.1 Å². The van der Waals surface area contributed by atoms with Crippen LogP contribution < -0.4 is 5.32 Å². The van der Waals surface area contributed by atoms with Crippen LogP contribution in [0.5, 0.6) is 0 Å². The highest BCUT2D eigenvalue weighted by Gasteiger charge is 2.49. The first-order valence-corrected chi connectivity index (χ1v) is 8.25. The number of nitrogens with one attached hydrogen (secondary N) is 1. The second kappa shape index (κ2) is 7.56. The van der Waals surface area contributed by atoms with Gasteiger partial charge in [-0.05, 0) is 44.7 Å². The normalized spacial score (nSPS) is 33.5. The van der Waals surface area contributed by atoms with Gasteiger partial charge in [-0.25, -0.2) is 0 Å². The zero-order chi connectivity index (χ0) is 15.3. The van der Waals surface area contributed by atoms with Crippen molar-refractivity contribution >= 4 is 5.97 Å². The molecule has 1 aliphatic heterocycles. The Labute approximate surface area is 128 Å². The molecule has 21 heavy (non-hydrogen) atoms. The quantitative estimate of drug-likeness (QED) is 0.720. The van der Waals surface area contributed by atoms with Crippen LogP contribution in [-0.2, 0) is 14.3 Å². The average Bonchev–Trinajstić information content (AvgIpc) is 3.12. The van der Waals surface area contributed by atoms with Gasteiger partial charge in [0.2, 0.25) is 0 Å². The van der Waals surface area contributed by atoms with E-state index >= 15 is 0 Å². The van der Waals surface area contributed by atoms with E-state index in [0.717, 1.165) is 58.3 Å². The average molecular weight is 298 g/mol. The fourth-order valence-electron chi connectivity index (χ4n) is 4.07. The van der Waals surface area contributed by atoms with Gasteiger partial charge in [0.25, 0.3) is 0 Å². The van der Waals surface area contributed by atoms with E-state index in [0.29, 0.717) is 12.0 Å². The summed E-state index contributed by atoms with van der Waals surface area (Å²) in [6, 6.07) is 0. The molecule has 0 aromatic heterocycles. The number of rotatable bonds is 7. The SMILES string of the molecule is CCNC1(C(=O)OC)CCCC1CCN1CCC(OC)C1. The topological polar surface area (TPSA) is 50.8 Å². The number of likely N-dealkylation sites (tertiary alicyclic amines) is 1. The standard InChI is InChI=1S/C16H30N2O3/c1-4-17-16(15(19)21-3)9-5-6-13(16)7-10-18-11-8-14(12-18)20-2/h13-14,17H,4-12H2,1-3H3. The molecule has 0 aromatic rings. The molecule has 5 heteroatoms. The third-order valence-electron chi connectivity index (χ3n) is 5.22. The highest BCUT2D eigenvalue weighted by molar-refractivity contribution is 5.81. The molecule has 5 nitrogen and oxygen atoms in total. The summed E-state index contributed by atoms with van der Waals surface area (Å²) >= 11 is 0. The van der Waals surface area contributed by atoms with Crippen LogP contribution >= 0.6 is 0 Å². The summed E-state index contributed by atoms with van der Waals surface area (Å²) in [5.74, 6) is 0.300. The Hall–Kier alpha value is -0.650. The molecular weight excluding hydrogens is 268 g/mol. The number of carbonyl (C=O) groups excluding carboxylic acids is 1. The molecule has 2 fully saturated rings. The van der Waals surface area contributed by atoms with Gasteiger partial charge >= 0.3 is 5.97 Å². The van der Waals surface area contributed by atoms with Crippen LogP contribution in [0.2, 0.25) is 0 Å². The Morgan fingerprint density at radius 2 is 2.19 bits per heavy atom. The zero-order valence-electron chi connectivity index (χ0n) is 13.7. The van der Waals surface area contributed by atoms with Crippen LogP contribution in [-0.4, -0.2) is 62.9 Å². The van der Waals surface area contributed by atoms with Crippen molar-refractivity contribution in [1.29, 1.82) is 0 Å². The fraction of sp³-hybridized carbons (Fsp3) is 0.938. The van der Waals surface area contributed by atoms with Crippen LogP contribution in [0.1, 0.15) is 39.0 Å². The number of hydrogen-bond donors (Lipinski definition) is 1. The van der Waals surface area contributed by atoms with E-state index in [1.165, 1.54) is 7.11 Å². The third-order valence-corrected chi connectivity index (χ3v) is 5.22. The van der Waals surface area contributed by atoms with Crippen molar-refractivity contribution in [2.45, 2.75) is 50.7 Å². The van der Waals surface area contributed by atoms with Crippen molar-refractivity contribution in [3.8, 4) is 0 Å². The second-order valence-electron chi connectivity index (χ2n) is 6.32. The van der Waals surface area contributed by atoms with E-state index in [9.17, 15) is 4.79 Å². The lowest BCUT2D eigenvalue weighted by Gasteiger charge is -2.34. The molecule has 1 heterocycles. The van der Waals surface area contributed by atoms with Crippen LogP contribution in [0.4, 0.5) is 0 Å². The third kappa shape index (κ3) is 3.58. The number of ether oxygens (including phenoxy) is 2. The molecule has 0 bridgehead atoms. The Morgan fingerprint density at radius 3 is 2.81 bits per heavy atom. The summed E-state index contributed by atoms with van der Waals surface area (Å²) < 4.78 is 10.5. The van der Waals surface area contributed by atoms with Gasteiger partial charge in [-0.3, -0.25) is 4.79 Å².